The van der Waals surface area contributed by atoms with E-state index in [4.69, 9.17) is 0 Å². The fraction of sp³-hybridized carbons (Fsp3) is 0.500. The van der Waals surface area contributed by atoms with Gasteiger partial charge in [-0.3, -0.25) is 0 Å². The highest BCUT2D eigenvalue weighted by atomic mass is 16.3. The van der Waals surface area contributed by atoms with Crippen LogP contribution in [0.1, 0.15) is 25.8 Å². The van der Waals surface area contributed by atoms with Crippen LogP contribution in [0.3, 0.4) is 0 Å². The minimum Gasteiger partial charge on any atom is -0.508 e. The fourth-order valence-electron chi connectivity index (χ4n) is 1.27. The van der Waals surface area contributed by atoms with Gasteiger partial charge in [0.05, 0.1) is 0 Å². The monoisotopic (exact) mass is 193 g/mol. The summed E-state index contributed by atoms with van der Waals surface area (Å²) < 4.78 is 0. The Balaban J connectivity index is 2.59. The molecule has 0 spiro atoms. The number of hydrogen-bond acceptors (Lipinski definition) is 2. The van der Waals surface area contributed by atoms with Crippen LogP contribution < -0.4 is 5.32 Å². The third-order valence-electron chi connectivity index (χ3n) is 2.55. The lowest BCUT2D eigenvalue weighted by molar-refractivity contribution is 0.475. The first-order valence-corrected chi connectivity index (χ1v) is 5.17. The average Bonchev–Trinajstić information content (AvgIpc) is 2.16. The standard InChI is InChI=1S/C12H19NO/c1-4-9(2)8-13-12-6-5-11(14)7-10(12)3/h5-7,9,13-14H,4,8H2,1-3H3. The molecule has 1 atom stereocenters. The number of benzene rings is 1. The molecule has 0 saturated heterocycles. The Hall–Kier alpha value is -1.18. The van der Waals surface area contributed by atoms with E-state index in [-0.39, 0.29) is 0 Å². The van der Waals surface area contributed by atoms with Gasteiger partial charge in [0, 0.05) is 12.2 Å². The molecular weight excluding hydrogens is 174 g/mol. The average molecular weight is 193 g/mol. The number of hydrogen-bond donors (Lipinski definition) is 2. The van der Waals surface area contributed by atoms with E-state index in [0.717, 1.165) is 17.8 Å². The molecule has 0 amide bonds. The largest absolute Gasteiger partial charge is 0.508 e. The van der Waals surface area contributed by atoms with Crippen molar-refractivity contribution in [3.05, 3.63) is 23.8 Å². The molecule has 14 heavy (non-hydrogen) atoms. The molecule has 0 aromatic heterocycles. The molecule has 0 aliphatic rings. The van der Waals surface area contributed by atoms with Crippen molar-refractivity contribution in [1.29, 1.82) is 0 Å². The zero-order chi connectivity index (χ0) is 10.6. The minimum atomic E-state index is 0.330. The molecule has 1 aromatic carbocycles. The molecule has 0 heterocycles. The molecule has 2 nitrogen and oxygen atoms in total. The summed E-state index contributed by atoms with van der Waals surface area (Å²) in [6, 6.07) is 5.41. The third kappa shape index (κ3) is 2.95. The van der Waals surface area contributed by atoms with Crippen molar-refractivity contribution in [2.24, 2.45) is 5.92 Å². The first kappa shape index (κ1) is 10.9. The van der Waals surface area contributed by atoms with Crippen molar-refractivity contribution in [1.82, 2.24) is 0 Å². The lowest BCUT2D eigenvalue weighted by Crippen LogP contribution is -2.10. The minimum absolute atomic E-state index is 0.330. The topological polar surface area (TPSA) is 32.3 Å². The van der Waals surface area contributed by atoms with Gasteiger partial charge in [0.15, 0.2) is 0 Å². The van der Waals surface area contributed by atoms with Crippen LogP contribution in [0, 0.1) is 12.8 Å². The molecule has 0 bridgehead atoms. The molecule has 2 heteroatoms. The molecule has 0 fully saturated rings. The molecule has 0 aliphatic carbocycles. The van der Waals surface area contributed by atoms with Gasteiger partial charge in [-0.05, 0) is 36.6 Å². The Morgan fingerprint density at radius 3 is 2.71 bits per heavy atom. The van der Waals surface area contributed by atoms with Gasteiger partial charge in [-0.2, -0.15) is 0 Å². The van der Waals surface area contributed by atoms with Gasteiger partial charge in [0.1, 0.15) is 5.75 Å². The van der Waals surface area contributed by atoms with Crippen molar-refractivity contribution in [2.75, 3.05) is 11.9 Å². The molecule has 1 rings (SSSR count). The summed E-state index contributed by atoms with van der Waals surface area (Å²) >= 11 is 0. The Morgan fingerprint density at radius 1 is 1.43 bits per heavy atom. The van der Waals surface area contributed by atoms with Crippen LogP contribution in [0.4, 0.5) is 5.69 Å². The summed E-state index contributed by atoms with van der Waals surface area (Å²) in [6.45, 7) is 7.40. The number of rotatable bonds is 4. The maximum Gasteiger partial charge on any atom is 0.115 e. The maximum atomic E-state index is 9.23. The first-order valence-electron chi connectivity index (χ1n) is 5.17. The van der Waals surface area contributed by atoms with Crippen LogP contribution in [-0.4, -0.2) is 11.7 Å². The molecule has 1 aromatic rings. The second-order valence-electron chi connectivity index (χ2n) is 3.89. The summed E-state index contributed by atoms with van der Waals surface area (Å²) in [5, 5.41) is 12.6. The molecule has 0 radical (unpaired) electrons. The lowest BCUT2D eigenvalue weighted by atomic mass is 10.1. The van der Waals surface area contributed by atoms with Gasteiger partial charge in [-0.1, -0.05) is 20.3 Å². The smallest absolute Gasteiger partial charge is 0.115 e. The van der Waals surface area contributed by atoms with Gasteiger partial charge in [-0.15, -0.1) is 0 Å². The summed E-state index contributed by atoms with van der Waals surface area (Å²) in [6.07, 6.45) is 1.18. The van der Waals surface area contributed by atoms with E-state index in [1.807, 2.05) is 13.0 Å². The predicted molar refractivity (Wildman–Crippen MR) is 60.8 cm³/mol. The highest BCUT2D eigenvalue weighted by Gasteiger charge is 2.01. The van der Waals surface area contributed by atoms with Crippen LogP contribution in [0.25, 0.3) is 0 Å². The van der Waals surface area contributed by atoms with Crippen LogP contribution in [0.15, 0.2) is 18.2 Å². The normalized spacial score (nSPS) is 12.5. The summed E-state index contributed by atoms with van der Waals surface area (Å²) in [4.78, 5) is 0. The number of aromatic hydroxyl groups is 1. The molecule has 1 unspecified atom stereocenters. The van der Waals surface area contributed by atoms with Gasteiger partial charge in [0.25, 0.3) is 0 Å². The fourth-order valence-corrected chi connectivity index (χ4v) is 1.27. The van der Waals surface area contributed by atoms with Crippen LogP contribution in [-0.2, 0) is 0 Å². The summed E-state index contributed by atoms with van der Waals surface area (Å²) in [5.74, 6) is 1.01. The number of phenolic OH excluding ortho intramolecular Hbond substituents is 1. The van der Waals surface area contributed by atoms with E-state index in [2.05, 4.69) is 19.2 Å². The zero-order valence-electron chi connectivity index (χ0n) is 9.17. The second-order valence-corrected chi connectivity index (χ2v) is 3.89. The molecule has 0 saturated carbocycles. The van der Waals surface area contributed by atoms with Crippen molar-refractivity contribution < 1.29 is 5.11 Å². The van der Waals surface area contributed by atoms with E-state index in [9.17, 15) is 5.11 Å². The number of phenols is 1. The number of aryl methyl sites for hydroxylation is 1. The van der Waals surface area contributed by atoms with Crippen LogP contribution in [0.2, 0.25) is 0 Å². The molecule has 0 aliphatic heterocycles. The SMILES string of the molecule is CCC(C)CNc1ccc(O)cc1C. The van der Waals surface area contributed by atoms with Gasteiger partial charge in [0.2, 0.25) is 0 Å². The Morgan fingerprint density at radius 2 is 2.14 bits per heavy atom. The summed E-state index contributed by atoms with van der Waals surface area (Å²) in [5.41, 5.74) is 2.21. The third-order valence-corrected chi connectivity index (χ3v) is 2.55. The Bertz CT molecular complexity index is 296. The maximum absolute atomic E-state index is 9.23. The zero-order valence-corrected chi connectivity index (χ0v) is 9.17. The molecular formula is C12H19NO. The highest BCUT2D eigenvalue weighted by molar-refractivity contribution is 5.53. The van der Waals surface area contributed by atoms with Crippen molar-refractivity contribution in [3.63, 3.8) is 0 Å². The predicted octanol–water partition coefficient (Wildman–Crippen LogP) is 3.16. The van der Waals surface area contributed by atoms with E-state index in [1.165, 1.54) is 6.42 Å². The highest BCUT2D eigenvalue weighted by Crippen LogP contribution is 2.20. The lowest BCUT2D eigenvalue weighted by Gasteiger charge is -2.13. The van der Waals surface area contributed by atoms with Gasteiger partial charge < -0.3 is 10.4 Å². The number of nitrogens with one attached hydrogen (secondary N) is 1. The van der Waals surface area contributed by atoms with Gasteiger partial charge >= 0.3 is 0 Å². The Labute approximate surface area is 86.0 Å². The van der Waals surface area contributed by atoms with Crippen molar-refractivity contribution in [3.8, 4) is 5.75 Å². The molecule has 78 valence electrons. The van der Waals surface area contributed by atoms with Crippen molar-refractivity contribution in [2.45, 2.75) is 27.2 Å². The van der Waals surface area contributed by atoms with Crippen LogP contribution in [0.5, 0.6) is 5.75 Å². The van der Waals surface area contributed by atoms with E-state index in [0.29, 0.717) is 11.7 Å². The van der Waals surface area contributed by atoms with E-state index in [1.54, 1.807) is 12.1 Å². The van der Waals surface area contributed by atoms with E-state index >= 15 is 0 Å². The van der Waals surface area contributed by atoms with Crippen LogP contribution >= 0.6 is 0 Å². The first-order chi connectivity index (χ1) is 6.63. The number of anilines is 1. The Kier molecular flexibility index (Phi) is 3.81. The molecule has 2 N–H and O–H groups in total. The van der Waals surface area contributed by atoms with Gasteiger partial charge in [-0.25, -0.2) is 0 Å². The second kappa shape index (κ2) is 4.89. The quantitative estimate of drug-likeness (QED) is 0.720. The van der Waals surface area contributed by atoms with Crippen molar-refractivity contribution >= 4 is 5.69 Å². The van der Waals surface area contributed by atoms with E-state index < -0.39 is 0 Å². The summed E-state index contributed by atoms with van der Waals surface area (Å²) in [7, 11) is 0.